The summed E-state index contributed by atoms with van der Waals surface area (Å²) in [6.07, 6.45) is 6.72. The lowest BCUT2D eigenvalue weighted by atomic mass is 9.95. The lowest BCUT2D eigenvalue weighted by molar-refractivity contribution is 0.0659. The number of carbonyl (C=O) groups excluding carboxylic acids is 1. The number of likely N-dealkylation sites (N-methyl/N-ethyl adjacent to an activating group) is 1. The number of rotatable bonds is 6. The molecule has 0 bridgehead atoms. The maximum Gasteiger partial charge on any atom is 0.258 e. The number of piperazine rings is 1. The Kier molecular flexibility index (Phi) is 7.84. The summed E-state index contributed by atoms with van der Waals surface area (Å²) < 4.78 is 15.3. The lowest BCUT2D eigenvalue weighted by Crippen LogP contribution is -2.47. The fraction of sp³-hybridized carbons (Fsp3) is 0.292. The number of allylic oxidation sites excluding steroid dienone is 3. The molecule has 7 nitrogen and oxygen atoms in total. The summed E-state index contributed by atoms with van der Waals surface area (Å²) in [7, 11) is 1.98. The van der Waals surface area contributed by atoms with Gasteiger partial charge in [0.2, 0.25) is 0 Å². The fourth-order valence-electron chi connectivity index (χ4n) is 3.71. The number of halogens is 2. The maximum absolute atomic E-state index is 15.3. The smallest absolute Gasteiger partial charge is 0.258 e. The number of aryl methyl sites for hydroxylation is 1. The number of benzene rings is 1. The largest absolute Gasteiger partial charge is 0.404 e. The number of carbonyl (C=O) groups is 1. The number of amides is 1. The van der Waals surface area contributed by atoms with Crippen LogP contribution < -0.4 is 11.5 Å². The lowest BCUT2D eigenvalue weighted by Gasteiger charge is -2.32. The van der Waals surface area contributed by atoms with Crippen LogP contribution in [0.4, 0.5) is 4.39 Å². The zero-order chi connectivity index (χ0) is 24.1. The van der Waals surface area contributed by atoms with Crippen LogP contribution in [0.5, 0.6) is 0 Å². The summed E-state index contributed by atoms with van der Waals surface area (Å²) in [6, 6.07) is 2.83. The molecule has 1 aliphatic heterocycles. The topological polar surface area (TPSA) is 101 Å². The summed E-state index contributed by atoms with van der Waals surface area (Å²) in [5.74, 6) is -1.12. The Morgan fingerprint density at radius 2 is 1.91 bits per heavy atom. The van der Waals surface area contributed by atoms with Crippen molar-refractivity contribution in [3.63, 3.8) is 0 Å². The van der Waals surface area contributed by atoms with E-state index in [9.17, 15) is 4.79 Å². The standard InChI is InChI=1S/C24H28ClFN6O/c1-4-20-21(16(13-27)6-5-15(2)28)23(30-14-29-20)17-11-18(25)22(19(26)12-17)24(33)32-9-7-31(3)8-10-32/h5-6,11-14H,2,4,7-10,27-28H2,1,3H3/b6-5-,16-13+. The molecule has 33 heavy (non-hydrogen) atoms. The van der Waals surface area contributed by atoms with Crippen LogP contribution in [0.1, 0.15) is 28.5 Å². The SMILES string of the molecule is C=C(N)/C=C\C(=C/N)c1c(CC)ncnc1-c1cc(F)c(C(=O)N2CCN(C)CC2)c(Cl)c1. The molecule has 1 amide bonds. The van der Waals surface area contributed by atoms with Gasteiger partial charge in [-0.25, -0.2) is 14.4 Å². The van der Waals surface area contributed by atoms with Gasteiger partial charge in [0.15, 0.2) is 0 Å². The highest BCUT2D eigenvalue weighted by molar-refractivity contribution is 6.34. The van der Waals surface area contributed by atoms with Crippen molar-refractivity contribution in [2.75, 3.05) is 33.2 Å². The van der Waals surface area contributed by atoms with Crippen molar-refractivity contribution in [2.45, 2.75) is 13.3 Å². The first-order chi connectivity index (χ1) is 15.8. The minimum absolute atomic E-state index is 0.0284. The highest BCUT2D eigenvalue weighted by atomic mass is 35.5. The Bertz CT molecular complexity index is 1100. The van der Waals surface area contributed by atoms with Crippen LogP contribution in [0.2, 0.25) is 5.02 Å². The zero-order valence-corrected chi connectivity index (χ0v) is 19.6. The van der Waals surface area contributed by atoms with Crippen molar-refractivity contribution in [3.05, 3.63) is 76.7 Å². The molecule has 0 spiro atoms. The molecule has 1 aliphatic rings. The Balaban J connectivity index is 2.07. The van der Waals surface area contributed by atoms with Gasteiger partial charge in [-0.05, 0) is 31.7 Å². The minimum atomic E-state index is -0.701. The van der Waals surface area contributed by atoms with Crippen molar-refractivity contribution in [1.29, 1.82) is 0 Å². The molecule has 1 saturated heterocycles. The summed E-state index contributed by atoms with van der Waals surface area (Å²) in [5, 5.41) is 0.0284. The number of nitrogens with zero attached hydrogens (tertiary/aromatic N) is 4. The first-order valence-corrected chi connectivity index (χ1v) is 11.0. The Morgan fingerprint density at radius 1 is 1.21 bits per heavy atom. The van der Waals surface area contributed by atoms with Gasteiger partial charge < -0.3 is 21.3 Å². The van der Waals surface area contributed by atoms with Crippen LogP contribution in [-0.4, -0.2) is 58.9 Å². The van der Waals surface area contributed by atoms with E-state index in [0.717, 1.165) is 18.8 Å². The van der Waals surface area contributed by atoms with Crippen molar-refractivity contribution in [2.24, 2.45) is 11.5 Å². The van der Waals surface area contributed by atoms with Crippen LogP contribution in [0, 0.1) is 5.82 Å². The van der Waals surface area contributed by atoms with Gasteiger partial charge in [0, 0.05) is 54.8 Å². The molecular weight excluding hydrogens is 443 g/mol. The average Bonchev–Trinajstić information content (AvgIpc) is 2.79. The molecule has 174 valence electrons. The Hall–Kier alpha value is -3.23. The summed E-state index contributed by atoms with van der Waals surface area (Å²) in [6.45, 7) is 8.09. The van der Waals surface area contributed by atoms with E-state index in [2.05, 4.69) is 21.4 Å². The molecule has 0 unspecified atom stereocenters. The van der Waals surface area contributed by atoms with Crippen molar-refractivity contribution in [1.82, 2.24) is 19.8 Å². The molecule has 2 aromatic rings. The van der Waals surface area contributed by atoms with E-state index in [1.165, 1.54) is 18.6 Å². The van der Waals surface area contributed by atoms with E-state index < -0.39 is 11.7 Å². The Morgan fingerprint density at radius 3 is 2.48 bits per heavy atom. The molecule has 4 N–H and O–H groups in total. The zero-order valence-electron chi connectivity index (χ0n) is 18.8. The first kappa shape index (κ1) is 24.4. The van der Waals surface area contributed by atoms with Crippen molar-refractivity contribution in [3.8, 4) is 11.3 Å². The van der Waals surface area contributed by atoms with Crippen molar-refractivity contribution >= 4 is 23.1 Å². The predicted octanol–water partition coefficient (Wildman–Crippen LogP) is 3.21. The van der Waals surface area contributed by atoms with E-state index in [4.69, 9.17) is 23.1 Å². The number of hydrogen-bond acceptors (Lipinski definition) is 6. The molecule has 1 fully saturated rings. The second-order valence-corrected chi connectivity index (χ2v) is 8.25. The molecular formula is C24H28ClFN6O. The second kappa shape index (κ2) is 10.6. The molecule has 9 heteroatoms. The van der Waals surface area contributed by atoms with E-state index >= 15 is 4.39 Å². The summed E-state index contributed by atoms with van der Waals surface area (Å²) >= 11 is 6.45. The molecule has 3 rings (SSSR count). The predicted molar refractivity (Wildman–Crippen MR) is 130 cm³/mol. The minimum Gasteiger partial charge on any atom is -0.404 e. The third-order valence-corrected chi connectivity index (χ3v) is 5.82. The van der Waals surface area contributed by atoms with Gasteiger partial charge in [-0.2, -0.15) is 0 Å². The van der Waals surface area contributed by atoms with Crippen LogP contribution >= 0.6 is 11.6 Å². The van der Waals surface area contributed by atoms with Gasteiger partial charge in [0.25, 0.3) is 5.91 Å². The second-order valence-electron chi connectivity index (χ2n) is 7.84. The molecule has 0 saturated carbocycles. The summed E-state index contributed by atoms with van der Waals surface area (Å²) in [4.78, 5) is 25.4. The Labute approximate surface area is 198 Å². The van der Waals surface area contributed by atoms with Crippen LogP contribution in [0.25, 0.3) is 16.8 Å². The van der Waals surface area contributed by atoms with Crippen LogP contribution in [-0.2, 0) is 6.42 Å². The van der Waals surface area contributed by atoms with E-state index in [-0.39, 0.29) is 10.6 Å². The summed E-state index contributed by atoms with van der Waals surface area (Å²) in [5.41, 5.74) is 14.6. The molecule has 1 aromatic heterocycles. The quantitative estimate of drug-likeness (QED) is 0.628. The van der Waals surface area contributed by atoms with Crippen LogP contribution in [0.15, 0.2) is 49.1 Å². The van der Waals surface area contributed by atoms with Gasteiger partial charge in [0.05, 0.1) is 22.0 Å². The number of aromatic nitrogens is 2. The fourth-order valence-corrected chi connectivity index (χ4v) is 4.00. The molecule has 0 radical (unpaired) electrons. The van der Waals surface area contributed by atoms with E-state index in [1.807, 2.05) is 14.0 Å². The molecule has 1 aromatic carbocycles. The third kappa shape index (κ3) is 5.40. The highest BCUT2D eigenvalue weighted by Crippen LogP contribution is 2.34. The van der Waals surface area contributed by atoms with Gasteiger partial charge in [0.1, 0.15) is 12.1 Å². The van der Waals surface area contributed by atoms with Gasteiger partial charge in [-0.15, -0.1) is 0 Å². The highest BCUT2D eigenvalue weighted by Gasteiger charge is 2.26. The number of nitrogens with two attached hydrogens (primary N) is 2. The molecule has 2 heterocycles. The van der Waals surface area contributed by atoms with Gasteiger partial charge in [-0.3, -0.25) is 4.79 Å². The van der Waals surface area contributed by atoms with Crippen molar-refractivity contribution < 1.29 is 9.18 Å². The maximum atomic E-state index is 15.3. The van der Waals surface area contributed by atoms with E-state index in [0.29, 0.717) is 47.6 Å². The molecule has 0 atom stereocenters. The normalized spacial score (nSPS) is 15.3. The third-order valence-electron chi connectivity index (χ3n) is 5.53. The monoisotopic (exact) mass is 470 g/mol. The number of hydrogen-bond donors (Lipinski definition) is 2. The average molecular weight is 471 g/mol. The van der Waals surface area contributed by atoms with Crippen LogP contribution in [0.3, 0.4) is 0 Å². The first-order valence-electron chi connectivity index (χ1n) is 10.6. The van der Waals surface area contributed by atoms with Gasteiger partial charge >= 0.3 is 0 Å². The van der Waals surface area contributed by atoms with Gasteiger partial charge in [-0.1, -0.05) is 31.2 Å². The van der Waals surface area contributed by atoms with E-state index in [1.54, 1.807) is 23.1 Å². The molecule has 0 aliphatic carbocycles.